The van der Waals surface area contributed by atoms with E-state index in [1.54, 1.807) is 0 Å². The maximum atomic E-state index is 3.85. The van der Waals surface area contributed by atoms with Gasteiger partial charge in [-0.15, -0.1) is 0 Å². The molecule has 13 heavy (non-hydrogen) atoms. The molecular formula is C13H22. The standard InChI is InChI=1S/C13H22/c1-7-11(8-2)10-12(9-3)13(4,5)6/h7,9-10H,3,8H2,1-2,4-6H3/b11-7-,12-10+. The van der Waals surface area contributed by atoms with Gasteiger partial charge in [-0.05, 0) is 24.3 Å². The first-order valence-corrected chi connectivity index (χ1v) is 4.95. The fourth-order valence-corrected chi connectivity index (χ4v) is 1.17. The van der Waals surface area contributed by atoms with Gasteiger partial charge in [-0.1, -0.05) is 58.1 Å². The van der Waals surface area contributed by atoms with Gasteiger partial charge in [0.05, 0.1) is 0 Å². The van der Waals surface area contributed by atoms with Crippen molar-refractivity contribution in [3.8, 4) is 0 Å². The summed E-state index contributed by atoms with van der Waals surface area (Å²) in [6.45, 7) is 14.7. The molecule has 0 amide bonds. The number of hydrogen-bond donors (Lipinski definition) is 0. The predicted molar refractivity (Wildman–Crippen MR) is 61.8 cm³/mol. The largest absolute Gasteiger partial charge is 0.0988 e. The van der Waals surface area contributed by atoms with Crippen LogP contribution in [0.15, 0.2) is 36.0 Å². The first-order valence-electron chi connectivity index (χ1n) is 4.95. The van der Waals surface area contributed by atoms with Gasteiger partial charge in [0.25, 0.3) is 0 Å². The summed E-state index contributed by atoms with van der Waals surface area (Å²) in [6.07, 6.45) is 7.45. The van der Waals surface area contributed by atoms with Crippen LogP contribution >= 0.6 is 0 Å². The Hall–Kier alpha value is -0.780. The molecule has 0 N–H and O–H groups in total. The Kier molecular flexibility index (Phi) is 4.76. The summed E-state index contributed by atoms with van der Waals surface area (Å²) in [4.78, 5) is 0. The summed E-state index contributed by atoms with van der Waals surface area (Å²) in [5.74, 6) is 0. The molecule has 0 bridgehead atoms. The lowest BCUT2D eigenvalue weighted by atomic mass is 9.85. The lowest BCUT2D eigenvalue weighted by molar-refractivity contribution is 0.516. The molecule has 0 saturated carbocycles. The van der Waals surface area contributed by atoms with Crippen molar-refractivity contribution in [1.29, 1.82) is 0 Å². The smallest absolute Gasteiger partial charge is 0.0132 e. The second-order valence-corrected chi connectivity index (χ2v) is 4.27. The summed E-state index contributed by atoms with van der Waals surface area (Å²) in [7, 11) is 0. The average molecular weight is 178 g/mol. The summed E-state index contributed by atoms with van der Waals surface area (Å²) in [5.41, 5.74) is 2.89. The van der Waals surface area contributed by atoms with Gasteiger partial charge in [-0.3, -0.25) is 0 Å². The van der Waals surface area contributed by atoms with E-state index in [0.717, 1.165) is 6.42 Å². The highest BCUT2D eigenvalue weighted by molar-refractivity contribution is 5.32. The summed E-state index contributed by atoms with van der Waals surface area (Å²) >= 11 is 0. The molecule has 0 heteroatoms. The van der Waals surface area contributed by atoms with E-state index >= 15 is 0 Å². The predicted octanol–water partition coefficient (Wildman–Crippen LogP) is 4.50. The van der Waals surface area contributed by atoms with Crippen molar-refractivity contribution in [2.45, 2.75) is 41.0 Å². The van der Waals surface area contributed by atoms with E-state index in [1.807, 2.05) is 6.08 Å². The zero-order valence-electron chi connectivity index (χ0n) is 9.65. The van der Waals surface area contributed by atoms with Gasteiger partial charge in [-0.25, -0.2) is 0 Å². The zero-order chi connectivity index (χ0) is 10.5. The Labute approximate surface area is 83.0 Å². The normalized spacial score (nSPS) is 14.5. The number of hydrogen-bond acceptors (Lipinski definition) is 0. The molecule has 0 aliphatic carbocycles. The van der Waals surface area contributed by atoms with Crippen LogP contribution in [0.2, 0.25) is 0 Å². The van der Waals surface area contributed by atoms with Crippen molar-refractivity contribution in [3.05, 3.63) is 36.0 Å². The van der Waals surface area contributed by atoms with Gasteiger partial charge in [0.2, 0.25) is 0 Å². The van der Waals surface area contributed by atoms with Crippen molar-refractivity contribution in [2.75, 3.05) is 0 Å². The van der Waals surface area contributed by atoms with E-state index in [0.29, 0.717) is 0 Å². The van der Waals surface area contributed by atoms with Crippen LogP contribution in [0, 0.1) is 5.41 Å². The third-order valence-electron chi connectivity index (χ3n) is 2.21. The molecule has 0 aromatic carbocycles. The molecule has 0 spiro atoms. The Morgan fingerprint density at radius 3 is 2.08 bits per heavy atom. The second kappa shape index (κ2) is 5.06. The maximum Gasteiger partial charge on any atom is -0.0132 e. The Bertz CT molecular complexity index is 221. The van der Waals surface area contributed by atoms with Gasteiger partial charge in [0, 0.05) is 0 Å². The van der Waals surface area contributed by atoms with E-state index in [4.69, 9.17) is 0 Å². The third-order valence-corrected chi connectivity index (χ3v) is 2.21. The topological polar surface area (TPSA) is 0 Å². The van der Waals surface area contributed by atoms with Gasteiger partial charge in [0.15, 0.2) is 0 Å². The summed E-state index contributed by atoms with van der Waals surface area (Å²) in [6, 6.07) is 0. The maximum absolute atomic E-state index is 3.85. The van der Waals surface area contributed by atoms with Crippen LogP contribution in [0.1, 0.15) is 41.0 Å². The fraction of sp³-hybridized carbons (Fsp3) is 0.538. The number of rotatable bonds is 3. The highest BCUT2D eigenvalue weighted by Crippen LogP contribution is 2.27. The van der Waals surface area contributed by atoms with E-state index in [2.05, 4.69) is 53.3 Å². The van der Waals surface area contributed by atoms with E-state index in [1.165, 1.54) is 11.1 Å². The van der Waals surface area contributed by atoms with Crippen molar-refractivity contribution < 1.29 is 0 Å². The summed E-state index contributed by atoms with van der Waals surface area (Å²) in [5, 5.41) is 0. The molecular weight excluding hydrogens is 156 g/mol. The Balaban J connectivity index is 4.87. The van der Waals surface area contributed by atoms with E-state index < -0.39 is 0 Å². The molecule has 0 aliphatic heterocycles. The second-order valence-electron chi connectivity index (χ2n) is 4.27. The summed E-state index contributed by atoms with van der Waals surface area (Å²) < 4.78 is 0. The van der Waals surface area contributed by atoms with E-state index in [-0.39, 0.29) is 5.41 Å². The lowest BCUT2D eigenvalue weighted by Gasteiger charge is -2.20. The minimum absolute atomic E-state index is 0.200. The molecule has 0 aromatic heterocycles. The third kappa shape index (κ3) is 4.12. The molecule has 0 rings (SSSR count). The van der Waals surface area contributed by atoms with Gasteiger partial charge in [0.1, 0.15) is 0 Å². The first kappa shape index (κ1) is 12.2. The lowest BCUT2D eigenvalue weighted by Crippen LogP contribution is -2.07. The van der Waals surface area contributed by atoms with E-state index in [9.17, 15) is 0 Å². The monoisotopic (exact) mass is 178 g/mol. The molecule has 0 nitrogen and oxygen atoms in total. The Morgan fingerprint density at radius 2 is 1.85 bits per heavy atom. The first-order chi connectivity index (χ1) is 5.95. The minimum atomic E-state index is 0.200. The van der Waals surface area contributed by atoms with Gasteiger partial charge >= 0.3 is 0 Å². The molecule has 0 unspecified atom stereocenters. The van der Waals surface area contributed by atoms with Crippen LogP contribution < -0.4 is 0 Å². The van der Waals surface area contributed by atoms with Crippen LogP contribution in [0.4, 0.5) is 0 Å². The SMILES string of the molecule is C=C/C(=C\C(=C/C)CC)C(C)(C)C. The molecule has 0 atom stereocenters. The zero-order valence-corrected chi connectivity index (χ0v) is 9.65. The fourth-order valence-electron chi connectivity index (χ4n) is 1.17. The van der Waals surface area contributed by atoms with Crippen molar-refractivity contribution in [3.63, 3.8) is 0 Å². The van der Waals surface area contributed by atoms with Crippen LogP contribution in [0.3, 0.4) is 0 Å². The van der Waals surface area contributed by atoms with Crippen molar-refractivity contribution in [2.24, 2.45) is 5.41 Å². The highest BCUT2D eigenvalue weighted by Gasteiger charge is 2.13. The van der Waals surface area contributed by atoms with Crippen LogP contribution in [-0.2, 0) is 0 Å². The molecule has 0 saturated heterocycles. The Morgan fingerprint density at radius 1 is 1.31 bits per heavy atom. The van der Waals surface area contributed by atoms with Crippen molar-refractivity contribution >= 4 is 0 Å². The highest BCUT2D eigenvalue weighted by atomic mass is 14.2. The molecule has 0 aromatic rings. The molecule has 0 fully saturated rings. The van der Waals surface area contributed by atoms with Crippen LogP contribution in [-0.4, -0.2) is 0 Å². The van der Waals surface area contributed by atoms with Gasteiger partial charge in [-0.2, -0.15) is 0 Å². The quantitative estimate of drug-likeness (QED) is 0.558. The van der Waals surface area contributed by atoms with Crippen LogP contribution in [0.25, 0.3) is 0 Å². The molecule has 0 aliphatic rings. The number of allylic oxidation sites excluding steroid dienone is 5. The molecule has 0 radical (unpaired) electrons. The average Bonchev–Trinajstić information content (AvgIpc) is 2.04. The molecule has 74 valence electrons. The molecule has 0 heterocycles. The van der Waals surface area contributed by atoms with Crippen molar-refractivity contribution in [1.82, 2.24) is 0 Å². The van der Waals surface area contributed by atoms with Gasteiger partial charge < -0.3 is 0 Å². The van der Waals surface area contributed by atoms with Crippen LogP contribution in [0.5, 0.6) is 0 Å². The minimum Gasteiger partial charge on any atom is -0.0988 e.